The molecule has 0 aliphatic carbocycles. The van der Waals surface area contributed by atoms with Gasteiger partial charge >= 0.3 is 0 Å². The van der Waals surface area contributed by atoms with Crippen molar-refractivity contribution in [3.63, 3.8) is 0 Å². The highest BCUT2D eigenvalue weighted by molar-refractivity contribution is 7.89. The van der Waals surface area contributed by atoms with Gasteiger partial charge in [-0.05, 0) is 54.1 Å². The number of amides is 1. The zero-order chi connectivity index (χ0) is 21.8. The molecule has 4 rings (SSSR count). The van der Waals surface area contributed by atoms with Crippen LogP contribution in [0.5, 0.6) is 11.5 Å². The molecular weight excluding hydrogens is 444 g/mol. The Balaban J connectivity index is 1.43. The highest BCUT2D eigenvalue weighted by atomic mass is 35.5. The minimum Gasteiger partial charge on any atom is -0.468 e. The third-order valence-electron chi connectivity index (χ3n) is 4.62. The maximum Gasteiger partial charge on any atom is 0.241 e. The summed E-state index contributed by atoms with van der Waals surface area (Å²) >= 11 is 5.84. The van der Waals surface area contributed by atoms with Crippen molar-refractivity contribution in [2.45, 2.75) is 23.9 Å². The second kappa shape index (κ2) is 9.01. The van der Waals surface area contributed by atoms with Crippen molar-refractivity contribution in [1.29, 1.82) is 0 Å². The second-order valence-electron chi connectivity index (χ2n) is 6.81. The van der Waals surface area contributed by atoms with Crippen molar-refractivity contribution >= 4 is 27.5 Å². The molecule has 0 fully saturated rings. The fourth-order valence-corrected chi connectivity index (χ4v) is 4.40. The van der Waals surface area contributed by atoms with Crippen LogP contribution in [0.3, 0.4) is 0 Å². The van der Waals surface area contributed by atoms with E-state index in [-0.39, 0.29) is 30.6 Å². The molecule has 1 unspecified atom stereocenters. The van der Waals surface area contributed by atoms with Crippen molar-refractivity contribution < 1.29 is 27.1 Å². The van der Waals surface area contributed by atoms with Crippen LogP contribution in [0.4, 0.5) is 0 Å². The van der Waals surface area contributed by atoms with Crippen LogP contribution in [0.1, 0.15) is 23.8 Å². The van der Waals surface area contributed by atoms with Crippen molar-refractivity contribution in [2.75, 3.05) is 6.79 Å². The first-order valence-corrected chi connectivity index (χ1v) is 11.2. The summed E-state index contributed by atoms with van der Waals surface area (Å²) in [6, 6.07) is 13.5. The van der Waals surface area contributed by atoms with Gasteiger partial charge < -0.3 is 19.2 Å². The Hall–Kier alpha value is -3.01. The van der Waals surface area contributed by atoms with Gasteiger partial charge in [0.15, 0.2) is 11.5 Å². The van der Waals surface area contributed by atoms with Crippen molar-refractivity contribution in [3.8, 4) is 11.5 Å². The molecule has 1 aliphatic rings. The van der Waals surface area contributed by atoms with Gasteiger partial charge in [-0.15, -0.1) is 0 Å². The van der Waals surface area contributed by atoms with Crippen LogP contribution in [0.25, 0.3) is 0 Å². The van der Waals surface area contributed by atoms with E-state index in [0.29, 0.717) is 22.3 Å². The number of furan rings is 1. The van der Waals surface area contributed by atoms with E-state index in [1.165, 1.54) is 30.5 Å². The normalized spacial score (nSPS) is 13.7. The van der Waals surface area contributed by atoms with E-state index < -0.39 is 16.1 Å². The van der Waals surface area contributed by atoms with Crippen molar-refractivity contribution in [3.05, 3.63) is 77.2 Å². The van der Waals surface area contributed by atoms with Gasteiger partial charge in [-0.3, -0.25) is 4.79 Å². The monoisotopic (exact) mass is 462 g/mol. The largest absolute Gasteiger partial charge is 0.468 e. The lowest BCUT2D eigenvalue weighted by molar-refractivity contribution is -0.121. The summed E-state index contributed by atoms with van der Waals surface area (Å²) in [5.41, 5.74) is 0.828. The Morgan fingerprint density at radius 1 is 1.06 bits per heavy atom. The fraction of sp³-hybridized carbons (Fsp3) is 0.190. The number of ether oxygens (including phenoxy) is 2. The number of sulfonamides is 1. The van der Waals surface area contributed by atoms with Crippen LogP contribution in [0.2, 0.25) is 5.02 Å². The Morgan fingerprint density at radius 2 is 1.84 bits per heavy atom. The lowest BCUT2D eigenvalue weighted by Gasteiger charge is -2.17. The standard InChI is InChI=1S/C21H19ClN2O6S/c22-15-4-6-16(7-5-15)31(26,27)24-17(18-2-1-9-28-18)11-21(25)23-12-14-3-8-19-20(10-14)30-13-29-19/h1-10,17,24H,11-13H2,(H,23,25). The number of halogens is 1. The maximum absolute atomic E-state index is 12.8. The first-order valence-electron chi connectivity index (χ1n) is 9.37. The van der Waals surface area contributed by atoms with Gasteiger partial charge in [0.1, 0.15) is 5.76 Å². The first kappa shape index (κ1) is 21.2. The summed E-state index contributed by atoms with van der Waals surface area (Å²) in [5.74, 6) is 1.26. The van der Waals surface area contributed by atoms with Gasteiger partial charge in [0, 0.05) is 11.6 Å². The average Bonchev–Trinajstić information content (AvgIpc) is 3.43. The Morgan fingerprint density at radius 3 is 2.58 bits per heavy atom. The number of carbonyl (C=O) groups excluding carboxylic acids is 1. The molecule has 0 spiro atoms. The van der Waals surface area contributed by atoms with Gasteiger partial charge in [-0.25, -0.2) is 8.42 Å². The van der Waals surface area contributed by atoms with Crippen LogP contribution in [-0.2, 0) is 21.4 Å². The van der Waals surface area contributed by atoms with Crippen molar-refractivity contribution in [1.82, 2.24) is 10.0 Å². The SMILES string of the molecule is O=C(CC(NS(=O)(=O)c1ccc(Cl)cc1)c1ccco1)NCc1ccc2c(c1)OCO2. The molecule has 1 atom stereocenters. The lowest BCUT2D eigenvalue weighted by Crippen LogP contribution is -2.33. The van der Waals surface area contributed by atoms with Gasteiger partial charge in [-0.1, -0.05) is 17.7 Å². The van der Waals surface area contributed by atoms with E-state index in [9.17, 15) is 13.2 Å². The van der Waals surface area contributed by atoms with Crippen LogP contribution < -0.4 is 19.5 Å². The fourth-order valence-electron chi connectivity index (χ4n) is 3.07. The zero-order valence-electron chi connectivity index (χ0n) is 16.2. The third-order valence-corrected chi connectivity index (χ3v) is 6.36. The Labute approximate surface area is 184 Å². The summed E-state index contributed by atoms with van der Waals surface area (Å²) in [6.45, 7) is 0.425. The smallest absolute Gasteiger partial charge is 0.241 e. The quantitative estimate of drug-likeness (QED) is 0.531. The molecular formula is C21H19ClN2O6S. The molecule has 10 heteroatoms. The summed E-state index contributed by atoms with van der Waals surface area (Å²) in [5, 5.41) is 3.21. The van der Waals surface area contributed by atoms with Crippen molar-refractivity contribution in [2.24, 2.45) is 0 Å². The molecule has 0 radical (unpaired) electrons. The molecule has 1 aliphatic heterocycles. The summed E-state index contributed by atoms with van der Waals surface area (Å²) in [4.78, 5) is 12.6. The predicted octanol–water partition coefficient (Wildman–Crippen LogP) is 3.39. The van der Waals surface area contributed by atoms with Crippen LogP contribution >= 0.6 is 11.6 Å². The average molecular weight is 463 g/mol. The third kappa shape index (κ3) is 5.19. The predicted molar refractivity (Wildman–Crippen MR) is 112 cm³/mol. The van der Waals surface area contributed by atoms with E-state index in [1.54, 1.807) is 24.3 Å². The second-order valence-corrected chi connectivity index (χ2v) is 8.96. The van der Waals surface area contributed by atoms with E-state index in [0.717, 1.165) is 5.56 Å². The molecule has 2 heterocycles. The molecule has 1 amide bonds. The molecule has 2 N–H and O–H groups in total. The van der Waals surface area contributed by atoms with E-state index in [4.69, 9.17) is 25.5 Å². The van der Waals surface area contributed by atoms with Gasteiger partial charge in [0.25, 0.3) is 0 Å². The number of nitrogens with one attached hydrogen (secondary N) is 2. The Kier molecular flexibility index (Phi) is 6.17. The molecule has 0 bridgehead atoms. The van der Waals surface area contributed by atoms with Crippen LogP contribution in [0, 0.1) is 0 Å². The minimum absolute atomic E-state index is 0.0363. The van der Waals surface area contributed by atoms with Gasteiger partial charge in [0.05, 0.1) is 23.6 Å². The first-order chi connectivity index (χ1) is 14.9. The Bertz CT molecular complexity index is 1160. The van der Waals surface area contributed by atoms with E-state index in [1.807, 2.05) is 6.07 Å². The number of benzene rings is 2. The highest BCUT2D eigenvalue weighted by Crippen LogP contribution is 2.32. The summed E-state index contributed by atoms with van der Waals surface area (Å²) in [7, 11) is -3.90. The number of fused-ring (bicyclic) bond motifs is 1. The zero-order valence-corrected chi connectivity index (χ0v) is 17.8. The molecule has 1 aromatic heterocycles. The molecule has 0 saturated heterocycles. The number of carbonyl (C=O) groups is 1. The topological polar surface area (TPSA) is 107 Å². The molecule has 8 nitrogen and oxygen atoms in total. The van der Waals surface area contributed by atoms with E-state index >= 15 is 0 Å². The van der Waals surface area contributed by atoms with Gasteiger partial charge in [0.2, 0.25) is 22.7 Å². The number of hydrogen-bond acceptors (Lipinski definition) is 6. The summed E-state index contributed by atoms with van der Waals surface area (Å²) < 4.78 is 44.0. The highest BCUT2D eigenvalue weighted by Gasteiger charge is 2.25. The molecule has 3 aromatic rings. The number of hydrogen-bond donors (Lipinski definition) is 2. The minimum atomic E-state index is -3.90. The molecule has 162 valence electrons. The molecule has 31 heavy (non-hydrogen) atoms. The van der Waals surface area contributed by atoms with Gasteiger partial charge in [-0.2, -0.15) is 4.72 Å². The molecule has 2 aromatic carbocycles. The molecule has 0 saturated carbocycles. The number of rotatable bonds is 8. The summed E-state index contributed by atoms with van der Waals surface area (Å²) in [6.07, 6.45) is 1.27. The van der Waals surface area contributed by atoms with Crippen LogP contribution in [-0.4, -0.2) is 21.1 Å². The van der Waals surface area contributed by atoms with Crippen LogP contribution in [0.15, 0.2) is 70.2 Å². The lowest BCUT2D eigenvalue weighted by atomic mass is 10.1. The maximum atomic E-state index is 12.8. The van der Waals surface area contributed by atoms with E-state index in [2.05, 4.69) is 10.0 Å².